The Morgan fingerprint density at radius 3 is 2.38 bits per heavy atom. The van der Waals surface area contributed by atoms with Crippen LogP contribution < -0.4 is 5.32 Å². The summed E-state index contributed by atoms with van der Waals surface area (Å²) in [4.78, 5) is 19.4. The molecule has 0 radical (unpaired) electrons. The number of hydrogen-bond acceptors (Lipinski definition) is 5. The van der Waals surface area contributed by atoms with Gasteiger partial charge in [0, 0.05) is 51.9 Å². The molecule has 1 unspecified atom stereocenters. The van der Waals surface area contributed by atoms with E-state index in [-0.39, 0.29) is 16.9 Å². The molecule has 2 saturated heterocycles. The number of sulfonamides is 1. The van der Waals surface area contributed by atoms with E-state index in [1.54, 1.807) is 24.7 Å². The fourth-order valence-electron chi connectivity index (χ4n) is 4.93. The van der Waals surface area contributed by atoms with Gasteiger partial charge in [-0.15, -0.1) is 0 Å². The summed E-state index contributed by atoms with van der Waals surface area (Å²) < 4.78 is 28.9. The molecule has 2 aliphatic heterocycles. The normalized spacial score (nSPS) is 21.0. The lowest BCUT2D eigenvalue weighted by atomic mass is 9.97. The van der Waals surface area contributed by atoms with Crippen molar-refractivity contribution in [2.45, 2.75) is 57.6 Å². The molecule has 1 aromatic heterocycles. The van der Waals surface area contributed by atoms with Crippen LogP contribution in [0.25, 0.3) is 0 Å². The number of benzene rings is 1. The average Bonchev–Trinajstić information content (AvgIpc) is 3.17. The van der Waals surface area contributed by atoms with Crippen molar-refractivity contribution >= 4 is 15.9 Å². The maximum atomic E-state index is 12.9. The summed E-state index contributed by atoms with van der Waals surface area (Å²) in [6.45, 7) is 8.57. The van der Waals surface area contributed by atoms with Crippen LogP contribution in [0.15, 0.2) is 35.5 Å². The second kappa shape index (κ2) is 10.6. The van der Waals surface area contributed by atoms with Crippen molar-refractivity contribution in [3.8, 4) is 0 Å². The van der Waals surface area contributed by atoms with Crippen LogP contribution in [0.3, 0.4) is 0 Å². The molecule has 0 aliphatic carbocycles. The van der Waals surface area contributed by atoms with Crippen molar-refractivity contribution in [2.24, 2.45) is 18.9 Å². The van der Waals surface area contributed by atoms with Crippen LogP contribution in [0.2, 0.25) is 0 Å². The van der Waals surface area contributed by atoms with E-state index in [9.17, 15) is 13.2 Å². The minimum Gasteiger partial charge on any atom is -0.352 e. The maximum absolute atomic E-state index is 12.9. The molecule has 0 bridgehead atoms. The number of carbonyl (C=O) groups is 1. The van der Waals surface area contributed by atoms with Gasteiger partial charge in [-0.3, -0.25) is 9.69 Å². The number of likely N-dealkylation sites (tertiary alicyclic amines) is 1. The Balaban J connectivity index is 1.23. The summed E-state index contributed by atoms with van der Waals surface area (Å²) in [5, 5.41) is 3.12. The van der Waals surface area contributed by atoms with Gasteiger partial charge in [-0.1, -0.05) is 31.2 Å². The minimum atomic E-state index is -3.62. The summed E-state index contributed by atoms with van der Waals surface area (Å²) >= 11 is 0. The Kier molecular flexibility index (Phi) is 7.74. The Hall–Kier alpha value is -2.23. The molecule has 3 heterocycles. The fourth-order valence-corrected chi connectivity index (χ4v) is 6.42. The van der Waals surface area contributed by atoms with E-state index in [1.165, 1.54) is 35.8 Å². The summed E-state index contributed by atoms with van der Waals surface area (Å²) in [5.74, 6) is 1.26. The number of aryl methyl sites for hydroxylation is 2. The van der Waals surface area contributed by atoms with Crippen LogP contribution in [0, 0.1) is 18.8 Å². The predicted molar refractivity (Wildman–Crippen MR) is 131 cm³/mol. The molecule has 1 aromatic carbocycles. The lowest BCUT2D eigenvalue weighted by Crippen LogP contribution is -2.43. The molecule has 1 N–H and O–H groups in total. The summed E-state index contributed by atoms with van der Waals surface area (Å²) in [6, 6.07) is 8.49. The zero-order valence-corrected chi connectivity index (χ0v) is 21.4. The number of nitrogens with zero attached hydrogens (tertiary/aromatic N) is 4. The van der Waals surface area contributed by atoms with Gasteiger partial charge >= 0.3 is 0 Å². The lowest BCUT2D eigenvalue weighted by molar-refractivity contribution is -0.126. The first kappa shape index (κ1) is 24.9. The molecule has 2 aliphatic rings. The SMILES string of the molecule is Cc1nc(S(=O)(=O)N2CCC(C(=O)NCc3ccc(CN4CCCC(C)C4)cc3)CC2)cn1C. The van der Waals surface area contributed by atoms with Crippen LogP contribution in [0.5, 0.6) is 0 Å². The Morgan fingerprint density at radius 2 is 1.76 bits per heavy atom. The van der Waals surface area contributed by atoms with E-state index in [0.29, 0.717) is 38.3 Å². The van der Waals surface area contributed by atoms with Crippen LogP contribution in [0.4, 0.5) is 0 Å². The molecular weight excluding hydrogens is 450 g/mol. The minimum absolute atomic E-state index is 0.00268. The van der Waals surface area contributed by atoms with Gasteiger partial charge in [0.05, 0.1) is 0 Å². The highest BCUT2D eigenvalue weighted by molar-refractivity contribution is 7.89. The molecule has 34 heavy (non-hydrogen) atoms. The number of aromatic nitrogens is 2. The predicted octanol–water partition coefficient (Wildman–Crippen LogP) is 2.68. The molecule has 2 fully saturated rings. The highest BCUT2D eigenvalue weighted by atomic mass is 32.2. The molecule has 1 atom stereocenters. The number of hydrogen-bond donors (Lipinski definition) is 1. The Labute approximate surface area is 203 Å². The van der Waals surface area contributed by atoms with Crippen LogP contribution in [-0.2, 0) is 35.0 Å². The third kappa shape index (κ3) is 5.87. The van der Waals surface area contributed by atoms with Crippen LogP contribution in [0.1, 0.15) is 49.6 Å². The standard InChI is InChI=1S/C25H37N5O3S/c1-19-5-4-12-29(16-19)17-22-8-6-21(7-9-22)15-26-25(31)23-10-13-30(14-11-23)34(32,33)24-18-28(3)20(2)27-24/h6-9,18-19,23H,4-5,10-17H2,1-3H3,(H,26,31). The highest BCUT2D eigenvalue weighted by Crippen LogP contribution is 2.24. The fraction of sp³-hybridized carbons (Fsp3) is 0.600. The van der Waals surface area contributed by atoms with Crippen LogP contribution >= 0.6 is 0 Å². The zero-order valence-electron chi connectivity index (χ0n) is 20.5. The molecule has 0 saturated carbocycles. The maximum Gasteiger partial charge on any atom is 0.262 e. The van der Waals surface area contributed by atoms with E-state index in [4.69, 9.17) is 0 Å². The number of imidazole rings is 1. The Morgan fingerprint density at radius 1 is 1.09 bits per heavy atom. The topological polar surface area (TPSA) is 87.5 Å². The Bertz CT molecular complexity index is 1070. The van der Waals surface area contributed by atoms with Gasteiger partial charge in [0.25, 0.3) is 10.0 Å². The van der Waals surface area contributed by atoms with Gasteiger partial charge in [-0.2, -0.15) is 4.31 Å². The number of nitrogens with one attached hydrogen (secondary N) is 1. The smallest absolute Gasteiger partial charge is 0.262 e. The van der Waals surface area contributed by atoms with Crippen molar-refractivity contribution in [1.29, 1.82) is 0 Å². The molecule has 9 heteroatoms. The summed E-state index contributed by atoms with van der Waals surface area (Å²) in [5.41, 5.74) is 2.38. The third-order valence-electron chi connectivity index (χ3n) is 7.15. The third-order valence-corrected chi connectivity index (χ3v) is 8.92. The highest BCUT2D eigenvalue weighted by Gasteiger charge is 2.33. The number of carbonyl (C=O) groups excluding carboxylic acids is 1. The van der Waals surface area contributed by atoms with E-state index in [2.05, 4.69) is 46.4 Å². The monoisotopic (exact) mass is 487 g/mol. The molecule has 4 rings (SSSR count). The lowest BCUT2D eigenvalue weighted by Gasteiger charge is -2.30. The first-order chi connectivity index (χ1) is 16.2. The van der Waals surface area contributed by atoms with Gasteiger partial charge in [0.2, 0.25) is 5.91 Å². The molecular formula is C25H37N5O3S. The molecule has 2 aromatic rings. The van der Waals surface area contributed by atoms with Gasteiger partial charge in [-0.25, -0.2) is 13.4 Å². The van der Waals surface area contributed by atoms with Crippen molar-refractivity contribution in [3.05, 3.63) is 47.4 Å². The quantitative estimate of drug-likeness (QED) is 0.649. The van der Waals surface area contributed by atoms with E-state index >= 15 is 0 Å². The van der Waals surface area contributed by atoms with Crippen molar-refractivity contribution < 1.29 is 13.2 Å². The zero-order chi connectivity index (χ0) is 24.3. The van der Waals surface area contributed by atoms with Crippen LogP contribution in [-0.4, -0.2) is 59.3 Å². The molecule has 0 spiro atoms. The average molecular weight is 488 g/mol. The van der Waals surface area contributed by atoms with Crippen molar-refractivity contribution in [1.82, 2.24) is 24.1 Å². The number of piperidine rings is 2. The second-order valence-corrected chi connectivity index (χ2v) is 11.8. The summed E-state index contributed by atoms with van der Waals surface area (Å²) in [6.07, 6.45) is 5.18. The second-order valence-electron chi connectivity index (χ2n) is 9.93. The first-order valence-corrected chi connectivity index (χ1v) is 13.7. The van der Waals surface area contributed by atoms with Gasteiger partial charge < -0.3 is 9.88 Å². The van der Waals surface area contributed by atoms with E-state index in [0.717, 1.165) is 18.0 Å². The summed E-state index contributed by atoms with van der Waals surface area (Å²) in [7, 11) is -1.84. The van der Waals surface area contributed by atoms with Gasteiger partial charge in [-0.05, 0) is 56.2 Å². The van der Waals surface area contributed by atoms with Gasteiger partial charge in [0.1, 0.15) is 5.82 Å². The van der Waals surface area contributed by atoms with E-state index in [1.807, 2.05) is 0 Å². The number of amides is 1. The molecule has 8 nitrogen and oxygen atoms in total. The number of rotatable bonds is 7. The molecule has 186 valence electrons. The van der Waals surface area contributed by atoms with Crippen molar-refractivity contribution in [3.63, 3.8) is 0 Å². The van der Waals surface area contributed by atoms with Gasteiger partial charge in [0.15, 0.2) is 5.03 Å². The van der Waals surface area contributed by atoms with Crippen molar-refractivity contribution in [2.75, 3.05) is 26.2 Å². The van der Waals surface area contributed by atoms with E-state index < -0.39 is 10.0 Å². The largest absolute Gasteiger partial charge is 0.352 e. The molecule has 1 amide bonds. The first-order valence-electron chi connectivity index (χ1n) is 12.3.